The topological polar surface area (TPSA) is 127 Å². The van der Waals surface area contributed by atoms with Gasteiger partial charge in [-0.25, -0.2) is 0 Å². The van der Waals surface area contributed by atoms with Crippen LogP contribution >= 0.6 is 0 Å². The maximum absolute atomic E-state index is 13.8. The molecule has 0 spiro atoms. The molecule has 0 radical (unpaired) electrons. The Balaban J connectivity index is 1.60. The molecule has 5 rings (SSSR count). The van der Waals surface area contributed by atoms with E-state index < -0.39 is 16.9 Å². The summed E-state index contributed by atoms with van der Waals surface area (Å²) in [6.45, 7) is 0.410. The van der Waals surface area contributed by atoms with E-state index in [0.717, 1.165) is 16.7 Å². The first kappa shape index (κ1) is 30.3. The number of hydrogen-bond acceptors (Lipinski definition) is 7. The normalized spacial score (nSPS) is 11.1. The van der Waals surface area contributed by atoms with Gasteiger partial charge in [-0.2, -0.15) is 5.26 Å². The van der Waals surface area contributed by atoms with Crippen molar-refractivity contribution in [3.8, 4) is 28.7 Å². The summed E-state index contributed by atoms with van der Waals surface area (Å²) in [5, 5.41) is 27.9. The standard InChI is InChI=1S/C36H30N4O5/c1-44-30-18-14-28(15-19-30)31-20-32(33(40(42)43)21-34(31)45-24-27-10-6-3-7-11-27)35(39-29-16-12-25(22-37)13-17-29)36(41)38-23-26-8-4-2-5-9-26/h2-21,35,39H,23-24H2,1H3,(H,38,41). The summed E-state index contributed by atoms with van der Waals surface area (Å²) >= 11 is 0. The highest BCUT2D eigenvalue weighted by Gasteiger charge is 2.31. The zero-order valence-corrected chi connectivity index (χ0v) is 24.5. The lowest BCUT2D eigenvalue weighted by Crippen LogP contribution is -2.33. The largest absolute Gasteiger partial charge is 0.497 e. The number of carbonyl (C=O) groups is 1. The van der Waals surface area contributed by atoms with Gasteiger partial charge in [0.2, 0.25) is 5.91 Å². The highest BCUT2D eigenvalue weighted by molar-refractivity contribution is 5.89. The van der Waals surface area contributed by atoms with Gasteiger partial charge in [-0.3, -0.25) is 14.9 Å². The number of nitrogens with zero attached hydrogens (tertiary/aromatic N) is 2. The van der Waals surface area contributed by atoms with Gasteiger partial charge >= 0.3 is 0 Å². The molecule has 2 N–H and O–H groups in total. The van der Waals surface area contributed by atoms with Crippen LogP contribution in [0.4, 0.5) is 11.4 Å². The Kier molecular flexibility index (Phi) is 9.67. The third-order valence-corrected chi connectivity index (χ3v) is 7.17. The number of methoxy groups -OCH3 is 1. The Hall–Kier alpha value is -6.14. The number of nitrogens with one attached hydrogen (secondary N) is 2. The van der Waals surface area contributed by atoms with Crippen molar-refractivity contribution in [3.63, 3.8) is 0 Å². The zero-order valence-electron chi connectivity index (χ0n) is 24.5. The number of rotatable bonds is 12. The van der Waals surface area contributed by atoms with Gasteiger partial charge in [0.05, 0.1) is 35.3 Å². The van der Waals surface area contributed by atoms with Crippen LogP contribution in [0.15, 0.2) is 121 Å². The number of anilines is 1. The molecular formula is C36H30N4O5. The monoisotopic (exact) mass is 598 g/mol. The number of carbonyl (C=O) groups excluding carboxylic acids is 1. The Morgan fingerprint density at radius 3 is 2.13 bits per heavy atom. The van der Waals surface area contributed by atoms with E-state index in [1.54, 1.807) is 49.6 Å². The Bertz CT molecular complexity index is 1800. The molecule has 1 atom stereocenters. The summed E-state index contributed by atoms with van der Waals surface area (Å²) in [7, 11) is 1.57. The molecule has 224 valence electrons. The molecule has 0 aromatic heterocycles. The van der Waals surface area contributed by atoms with Gasteiger partial charge in [-0.1, -0.05) is 72.8 Å². The minimum atomic E-state index is -1.16. The Morgan fingerprint density at radius 1 is 0.889 bits per heavy atom. The van der Waals surface area contributed by atoms with Crippen LogP contribution in [0, 0.1) is 21.4 Å². The van der Waals surface area contributed by atoms with Crippen LogP contribution in [0.2, 0.25) is 0 Å². The molecule has 9 heteroatoms. The lowest BCUT2D eigenvalue weighted by molar-refractivity contribution is -0.385. The van der Waals surface area contributed by atoms with E-state index in [4.69, 9.17) is 9.47 Å². The van der Waals surface area contributed by atoms with Crippen LogP contribution in [-0.2, 0) is 17.9 Å². The van der Waals surface area contributed by atoms with Gasteiger partial charge in [-0.15, -0.1) is 0 Å². The second-order valence-electron chi connectivity index (χ2n) is 10.1. The highest BCUT2D eigenvalue weighted by Crippen LogP contribution is 2.40. The van der Waals surface area contributed by atoms with Crippen LogP contribution in [0.3, 0.4) is 0 Å². The van der Waals surface area contributed by atoms with Crippen molar-refractivity contribution in [3.05, 3.63) is 154 Å². The summed E-state index contributed by atoms with van der Waals surface area (Å²) in [4.78, 5) is 25.9. The predicted octanol–water partition coefficient (Wildman–Crippen LogP) is 7.19. The van der Waals surface area contributed by atoms with Crippen molar-refractivity contribution in [2.75, 3.05) is 12.4 Å². The lowest BCUT2D eigenvalue weighted by Gasteiger charge is -2.22. The van der Waals surface area contributed by atoms with Crippen LogP contribution in [0.5, 0.6) is 11.5 Å². The van der Waals surface area contributed by atoms with Gasteiger partial charge in [-0.05, 0) is 59.2 Å². The maximum Gasteiger partial charge on any atom is 0.278 e. The van der Waals surface area contributed by atoms with Crippen molar-refractivity contribution in [1.29, 1.82) is 5.26 Å². The first-order valence-electron chi connectivity index (χ1n) is 14.2. The van der Waals surface area contributed by atoms with E-state index in [2.05, 4.69) is 16.7 Å². The minimum absolute atomic E-state index is 0.146. The van der Waals surface area contributed by atoms with Crippen LogP contribution < -0.4 is 20.1 Å². The molecule has 0 heterocycles. The van der Waals surface area contributed by atoms with Crippen LogP contribution in [0.25, 0.3) is 11.1 Å². The molecule has 9 nitrogen and oxygen atoms in total. The molecule has 0 fully saturated rings. The van der Waals surface area contributed by atoms with Gasteiger partial charge in [0.1, 0.15) is 24.1 Å². The molecule has 5 aromatic rings. The van der Waals surface area contributed by atoms with E-state index in [1.807, 2.05) is 72.8 Å². The first-order valence-corrected chi connectivity index (χ1v) is 14.2. The number of hydrogen-bond donors (Lipinski definition) is 2. The number of amides is 1. The van der Waals surface area contributed by atoms with Gasteiger partial charge in [0.15, 0.2) is 0 Å². The number of nitro benzene ring substituents is 1. The molecule has 0 bridgehead atoms. The molecule has 0 aliphatic heterocycles. The number of benzene rings is 5. The fourth-order valence-electron chi connectivity index (χ4n) is 4.81. The Morgan fingerprint density at radius 2 is 1.53 bits per heavy atom. The second kappa shape index (κ2) is 14.4. The second-order valence-corrected chi connectivity index (χ2v) is 10.1. The van der Waals surface area contributed by atoms with Crippen molar-refractivity contribution >= 4 is 17.3 Å². The summed E-state index contributed by atoms with van der Waals surface area (Å²) in [6.07, 6.45) is 0. The smallest absolute Gasteiger partial charge is 0.278 e. The van der Waals surface area contributed by atoms with Crippen molar-refractivity contribution in [2.24, 2.45) is 0 Å². The fraction of sp³-hybridized carbons (Fsp3) is 0.111. The van der Waals surface area contributed by atoms with E-state index in [0.29, 0.717) is 28.3 Å². The molecule has 0 saturated carbocycles. The highest BCUT2D eigenvalue weighted by atomic mass is 16.6. The fourth-order valence-corrected chi connectivity index (χ4v) is 4.81. The summed E-state index contributed by atoms with van der Waals surface area (Å²) in [6, 6.07) is 36.6. The number of nitriles is 1. The molecule has 1 unspecified atom stereocenters. The summed E-state index contributed by atoms with van der Waals surface area (Å²) < 4.78 is 11.5. The number of ether oxygens (including phenoxy) is 2. The maximum atomic E-state index is 13.8. The van der Waals surface area contributed by atoms with Crippen molar-refractivity contribution in [2.45, 2.75) is 19.2 Å². The Labute approximate surface area is 260 Å². The third-order valence-electron chi connectivity index (χ3n) is 7.17. The van der Waals surface area contributed by atoms with E-state index >= 15 is 0 Å². The average molecular weight is 599 g/mol. The van der Waals surface area contributed by atoms with Gasteiger partial charge < -0.3 is 20.1 Å². The van der Waals surface area contributed by atoms with Gasteiger partial charge in [0, 0.05) is 17.8 Å². The summed E-state index contributed by atoms with van der Waals surface area (Å²) in [5.41, 5.74) is 3.88. The molecular weight excluding hydrogens is 568 g/mol. The average Bonchev–Trinajstić information content (AvgIpc) is 3.09. The molecule has 5 aromatic carbocycles. The van der Waals surface area contributed by atoms with Crippen LogP contribution in [-0.4, -0.2) is 17.9 Å². The number of nitro groups is 1. The molecule has 0 aliphatic carbocycles. The van der Waals surface area contributed by atoms with Crippen molar-refractivity contribution < 1.29 is 19.2 Å². The SMILES string of the molecule is COc1ccc(-c2cc(C(Nc3ccc(C#N)cc3)C(=O)NCc3ccccc3)c([N+](=O)[O-])cc2OCc2ccccc2)cc1. The molecule has 0 aliphatic rings. The minimum Gasteiger partial charge on any atom is -0.497 e. The summed E-state index contributed by atoms with van der Waals surface area (Å²) in [5.74, 6) is 0.472. The molecule has 1 amide bonds. The quantitative estimate of drug-likeness (QED) is 0.115. The van der Waals surface area contributed by atoms with Gasteiger partial charge in [0.25, 0.3) is 5.69 Å². The zero-order chi connectivity index (χ0) is 31.6. The van der Waals surface area contributed by atoms with Crippen LogP contribution in [0.1, 0.15) is 28.3 Å². The predicted molar refractivity (Wildman–Crippen MR) is 172 cm³/mol. The molecule has 0 saturated heterocycles. The van der Waals surface area contributed by atoms with E-state index in [-0.39, 0.29) is 24.4 Å². The third kappa shape index (κ3) is 7.63. The first-order chi connectivity index (χ1) is 21.9. The molecule has 45 heavy (non-hydrogen) atoms. The lowest BCUT2D eigenvalue weighted by atomic mass is 9.95. The van der Waals surface area contributed by atoms with E-state index in [9.17, 15) is 20.2 Å². The van der Waals surface area contributed by atoms with E-state index in [1.165, 1.54) is 6.07 Å². The van der Waals surface area contributed by atoms with Crippen molar-refractivity contribution in [1.82, 2.24) is 5.32 Å².